The Labute approximate surface area is 101 Å². The summed E-state index contributed by atoms with van der Waals surface area (Å²) in [7, 11) is 5.78. The highest BCUT2D eigenvalue weighted by molar-refractivity contribution is 6.06. The van der Waals surface area contributed by atoms with Crippen LogP contribution in [-0.4, -0.2) is 44.1 Å². The van der Waals surface area contributed by atoms with Gasteiger partial charge in [0, 0.05) is 27.2 Å². The molecule has 0 saturated carbocycles. The molecule has 1 N–H and O–H groups in total. The number of nitrogens with zero attached hydrogens (tertiary/aromatic N) is 4. The number of nitrogens with one attached hydrogen (secondary N) is 1. The van der Waals surface area contributed by atoms with Gasteiger partial charge < -0.3 is 9.32 Å². The van der Waals surface area contributed by atoms with Crippen LogP contribution >= 0.6 is 0 Å². The Morgan fingerprint density at radius 2 is 1.94 bits per heavy atom. The molecular formula is C11H17N5O. The molecule has 2 heterocycles. The third-order valence-corrected chi connectivity index (χ3v) is 2.42. The van der Waals surface area contributed by atoms with Crippen LogP contribution in [0.5, 0.6) is 0 Å². The lowest BCUT2D eigenvalue weighted by atomic mass is 10.5. The van der Waals surface area contributed by atoms with E-state index in [0.29, 0.717) is 0 Å². The third-order valence-electron chi connectivity index (χ3n) is 2.42. The van der Waals surface area contributed by atoms with Crippen LogP contribution in [0, 0.1) is 0 Å². The summed E-state index contributed by atoms with van der Waals surface area (Å²) in [4.78, 5) is 12.6. The average Bonchev–Trinajstić information content (AvgIpc) is 2.80. The minimum absolute atomic E-state index is 0.0962. The molecular weight excluding hydrogens is 218 g/mol. The van der Waals surface area contributed by atoms with Gasteiger partial charge in [0.1, 0.15) is 6.17 Å². The first-order valence-electron chi connectivity index (χ1n) is 5.45. The van der Waals surface area contributed by atoms with Crippen LogP contribution in [0.4, 0.5) is 5.88 Å². The van der Waals surface area contributed by atoms with E-state index >= 15 is 0 Å². The summed E-state index contributed by atoms with van der Waals surface area (Å²) < 4.78 is 5.33. The predicted octanol–water partition coefficient (Wildman–Crippen LogP) is 0.939. The van der Waals surface area contributed by atoms with Gasteiger partial charge in [-0.2, -0.15) is 0 Å². The van der Waals surface area contributed by atoms with Crippen molar-refractivity contribution >= 4 is 17.8 Å². The topological polar surface area (TPSA) is 56.4 Å². The van der Waals surface area contributed by atoms with Crippen molar-refractivity contribution in [1.82, 2.24) is 10.2 Å². The maximum absolute atomic E-state index is 5.33. The van der Waals surface area contributed by atoms with Crippen LogP contribution < -0.4 is 10.2 Å². The van der Waals surface area contributed by atoms with Crippen LogP contribution in [0.3, 0.4) is 0 Å². The molecule has 1 aromatic rings. The minimum atomic E-state index is -0.0962. The van der Waals surface area contributed by atoms with Gasteiger partial charge in [-0.1, -0.05) is 0 Å². The number of guanidine groups is 2. The lowest BCUT2D eigenvalue weighted by molar-refractivity contribution is 0.563. The van der Waals surface area contributed by atoms with Crippen molar-refractivity contribution in [2.24, 2.45) is 9.98 Å². The summed E-state index contributed by atoms with van der Waals surface area (Å²) in [6.07, 6.45) is 1.54. The summed E-state index contributed by atoms with van der Waals surface area (Å²) in [6.45, 7) is 1.94. The average molecular weight is 235 g/mol. The van der Waals surface area contributed by atoms with Gasteiger partial charge in [-0.05, 0) is 13.0 Å². The van der Waals surface area contributed by atoms with E-state index in [0.717, 1.165) is 17.8 Å². The smallest absolute Gasteiger partial charge is 0.209 e. The van der Waals surface area contributed by atoms with Gasteiger partial charge in [0.15, 0.2) is 0 Å². The van der Waals surface area contributed by atoms with E-state index in [-0.39, 0.29) is 6.17 Å². The zero-order chi connectivity index (χ0) is 12.4. The van der Waals surface area contributed by atoms with E-state index in [1.165, 1.54) is 0 Å². The van der Waals surface area contributed by atoms with Gasteiger partial charge >= 0.3 is 0 Å². The number of aliphatic imine (C=N–C) groups is 2. The van der Waals surface area contributed by atoms with Crippen molar-refractivity contribution in [2.45, 2.75) is 13.1 Å². The molecule has 1 aliphatic heterocycles. The molecule has 1 aromatic heterocycles. The van der Waals surface area contributed by atoms with Crippen molar-refractivity contribution in [1.29, 1.82) is 0 Å². The van der Waals surface area contributed by atoms with E-state index in [1.807, 2.05) is 50.0 Å². The largest absolute Gasteiger partial charge is 0.448 e. The fraction of sp³-hybridized carbons (Fsp3) is 0.455. The summed E-state index contributed by atoms with van der Waals surface area (Å²) in [5, 5.41) is 3.16. The van der Waals surface area contributed by atoms with Crippen LogP contribution in [0.1, 0.15) is 6.92 Å². The number of hydrogen-bond donors (Lipinski definition) is 1. The quantitative estimate of drug-likeness (QED) is 0.787. The molecule has 0 spiro atoms. The molecule has 0 radical (unpaired) electrons. The monoisotopic (exact) mass is 235 g/mol. The highest BCUT2D eigenvalue weighted by Gasteiger charge is 2.19. The summed E-state index contributed by atoms with van der Waals surface area (Å²) in [6, 6.07) is 3.73. The van der Waals surface area contributed by atoms with Gasteiger partial charge in [0.2, 0.25) is 17.8 Å². The van der Waals surface area contributed by atoms with E-state index in [4.69, 9.17) is 4.42 Å². The fourth-order valence-corrected chi connectivity index (χ4v) is 1.51. The molecule has 6 heteroatoms. The number of furan rings is 1. The molecule has 1 aliphatic rings. The van der Waals surface area contributed by atoms with Gasteiger partial charge in [-0.3, -0.25) is 10.2 Å². The van der Waals surface area contributed by atoms with Crippen molar-refractivity contribution in [3.8, 4) is 0 Å². The van der Waals surface area contributed by atoms with Crippen LogP contribution in [0.15, 0.2) is 32.8 Å². The molecule has 0 bridgehead atoms. The van der Waals surface area contributed by atoms with Crippen molar-refractivity contribution in [3.05, 3.63) is 18.4 Å². The zero-order valence-corrected chi connectivity index (χ0v) is 10.5. The maximum Gasteiger partial charge on any atom is 0.209 e. The second-order valence-electron chi connectivity index (χ2n) is 4.07. The van der Waals surface area contributed by atoms with Crippen LogP contribution in [0.25, 0.3) is 0 Å². The van der Waals surface area contributed by atoms with Crippen molar-refractivity contribution < 1.29 is 4.42 Å². The molecule has 0 aliphatic carbocycles. The molecule has 0 aromatic carbocycles. The standard InChI is InChI=1S/C11H17N5O/c1-8-12-10(15(2)3)14-11(13-8)16(4)9-6-5-7-17-9/h5-8H,1-4H3,(H,12,13,14). The molecule has 0 amide bonds. The second kappa shape index (κ2) is 4.48. The number of hydrogen-bond acceptors (Lipinski definition) is 6. The Morgan fingerprint density at radius 3 is 2.53 bits per heavy atom. The predicted molar refractivity (Wildman–Crippen MR) is 68.3 cm³/mol. The van der Waals surface area contributed by atoms with Crippen LogP contribution in [-0.2, 0) is 0 Å². The highest BCUT2D eigenvalue weighted by Crippen LogP contribution is 2.14. The molecule has 92 valence electrons. The summed E-state index contributed by atoms with van der Waals surface area (Å²) in [5.74, 6) is 2.26. The first kappa shape index (κ1) is 11.5. The Balaban J connectivity index is 2.18. The zero-order valence-electron chi connectivity index (χ0n) is 10.5. The lowest BCUT2D eigenvalue weighted by Crippen LogP contribution is -2.50. The SMILES string of the molecule is CC1N=C(N(C)C)NC(N(C)c2ccco2)=N1. The third kappa shape index (κ3) is 2.41. The number of rotatable bonds is 1. The summed E-state index contributed by atoms with van der Waals surface area (Å²) in [5.41, 5.74) is 0. The van der Waals surface area contributed by atoms with Gasteiger partial charge in [-0.15, -0.1) is 0 Å². The van der Waals surface area contributed by atoms with Crippen LogP contribution in [0.2, 0.25) is 0 Å². The second-order valence-corrected chi connectivity index (χ2v) is 4.07. The molecule has 0 fully saturated rings. The molecule has 1 unspecified atom stereocenters. The maximum atomic E-state index is 5.33. The van der Waals surface area contributed by atoms with Gasteiger partial charge in [-0.25, -0.2) is 9.98 Å². The van der Waals surface area contributed by atoms with E-state index in [1.54, 1.807) is 6.26 Å². The van der Waals surface area contributed by atoms with E-state index in [2.05, 4.69) is 15.3 Å². The Morgan fingerprint density at radius 1 is 1.24 bits per heavy atom. The minimum Gasteiger partial charge on any atom is -0.448 e. The first-order chi connectivity index (χ1) is 8.08. The lowest BCUT2D eigenvalue weighted by Gasteiger charge is -2.27. The molecule has 17 heavy (non-hydrogen) atoms. The summed E-state index contributed by atoms with van der Waals surface area (Å²) >= 11 is 0. The van der Waals surface area contributed by atoms with Gasteiger partial charge in [0.05, 0.1) is 6.26 Å². The molecule has 6 nitrogen and oxygen atoms in total. The first-order valence-corrected chi connectivity index (χ1v) is 5.45. The van der Waals surface area contributed by atoms with E-state index in [9.17, 15) is 0 Å². The molecule has 1 atom stereocenters. The van der Waals surface area contributed by atoms with Crippen molar-refractivity contribution in [3.63, 3.8) is 0 Å². The molecule has 0 saturated heterocycles. The Hall–Kier alpha value is -1.98. The Kier molecular flexibility index (Phi) is 3.03. The normalized spacial score (nSPS) is 19.2. The number of anilines is 1. The van der Waals surface area contributed by atoms with Crippen molar-refractivity contribution in [2.75, 3.05) is 26.0 Å². The molecule has 2 rings (SSSR count). The highest BCUT2D eigenvalue weighted by atomic mass is 16.3. The van der Waals surface area contributed by atoms with E-state index < -0.39 is 0 Å². The van der Waals surface area contributed by atoms with Gasteiger partial charge in [0.25, 0.3) is 0 Å². The Bertz CT molecular complexity index is 435. The fourth-order valence-electron chi connectivity index (χ4n) is 1.51.